The van der Waals surface area contributed by atoms with Gasteiger partial charge in [0.25, 0.3) is 0 Å². The highest BCUT2D eigenvalue weighted by Gasteiger charge is 2.39. The molecule has 166 valence electrons. The first-order valence-corrected chi connectivity index (χ1v) is 11.7. The molecule has 2 saturated heterocycles. The first kappa shape index (κ1) is 24.8. The summed E-state index contributed by atoms with van der Waals surface area (Å²) in [5.74, 6) is 0.934. The number of piperidine rings is 2. The molecule has 0 spiro atoms. The molecule has 0 aromatic carbocycles. The van der Waals surface area contributed by atoms with Gasteiger partial charge in [-0.3, -0.25) is 4.90 Å². The summed E-state index contributed by atoms with van der Waals surface area (Å²) in [5, 5.41) is 8.27. The van der Waals surface area contributed by atoms with Crippen LogP contribution >= 0.6 is 35.3 Å². The minimum Gasteiger partial charge on any atom is -0.357 e. The van der Waals surface area contributed by atoms with Crippen molar-refractivity contribution in [3.63, 3.8) is 0 Å². The summed E-state index contributed by atoms with van der Waals surface area (Å²) in [4.78, 5) is 15.9. The number of rotatable bonds is 6. The van der Waals surface area contributed by atoms with Gasteiger partial charge in [0.2, 0.25) is 0 Å². The van der Waals surface area contributed by atoms with Crippen LogP contribution < -0.4 is 10.6 Å². The topological polar surface area (TPSA) is 55.8 Å². The summed E-state index contributed by atoms with van der Waals surface area (Å²) in [7, 11) is 2.25. The number of hydrogen-bond acceptors (Lipinski definition) is 5. The Morgan fingerprint density at radius 3 is 2.38 bits per heavy atom. The van der Waals surface area contributed by atoms with Crippen LogP contribution in [0.1, 0.15) is 54.6 Å². The largest absolute Gasteiger partial charge is 0.357 e. The predicted octanol–water partition coefficient (Wildman–Crippen LogP) is 3.38. The number of nitrogens with zero attached hydrogens (tertiary/aromatic N) is 4. The normalized spacial score (nSPS) is 20.9. The van der Waals surface area contributed by atoms with Crippen molar-refractivity contribution in [3.8, 4) is 0 Å². The second kappa shape index (κ2) is 11.8. The summed E-state index contributed by atoms with van der Waals surface area (Å²) in [6, 6.07) is 0. The molecule has 0 aliphatic carbocycles. The van der Waals surface area contributed by atoms with Gasteiger partial charge in [-0.1, -0.05) is 6.42 Å². The van der Waals surface area contributed by atoms with E-state index in [-0.39, 0.29) is 29.5 Å². The third-order valence-corrected chi connectivity index (χ3v) is 7.31. The molecule has 8 heteroatoms. The molecule has 29 heavy (non-hydrogen) atoms. The Morgan fingerprint density at radius 2 is 1.79 bits per heavy atom. The Bertz CT molecular complexity index is 648. The second-order valence-corrected chi connectivity index (χ2v) is 9.65. The van der Waals surface area contributed by atoms with Crippen LogP contribution in [-0.4, -0.2) is 72.6 Å². The van der Waals surface area contributed by atoms with E-state index >= 15 is 0 Å². The average Bonchev–Trinajstić information content (AvgIpc) is 3.03. The number of guanidine groups is 1. The maximum absolute atomic E-state index is 4.87. The van der Waals surface area contributed by atoms with Crippen molar-refractivity contribution in [2.45, 2.75) is 65.0 Å². The van der Waals surface area contributed by atoms with E-state index in [9.17, 15) is 0 Å². The smallest absolute Gasteiger partial charge is 0.191 e. The molecular formula is C21H39IN6S. The molecule has 1 aromatic rings. The number of nitrogens with one attached hydrogen (secondary N) is 2. The van der Waals surface area contributed by atoms with Crippen LogP contribution in [0.3, 0.4) is 0 Å². The van der Waals surface area contributed by atoms with Crippen molar-refractivity contribution in [2.75, 3.05) is 46.3 Å². The summed E-state index contributed by atoms with van der Waals surface area (Å²) < 4.78 is 0. The summed E-state index contributed by atoms with van der Waals surface area (Å²) in [6.07, 6.45) is 6.55. The second-order valence-electron chi connectivity index (χ2n) is 8.37. The molecule has 0 saturated carbocycles. The number of thiazole rings is 1. The standard InChI is InChI=1S/C21H38N6S.HI/c1-5-22-20(23-15-19-17(2)25-18(3)28-19)24-16-21(9-13-26(4)14-10-21)27-11-7-6-8-12-27;/h5-16H2,1-4H3,(H2,22,23,24);1H. The Hall–Kier alpha value is -0.450. The lowest BCUT2D eigenvalue weighted by atomic mass is 9.84. The van der Waals surface area contributed by atoms with Crippen molar-refractivity contribution in [2.24, 2.45) is 4.99 Å². The zero-order valence-electron chi connectivity index (χ0n) is 18.6. The third-order valence-electron chi connectivity index (χ3n) is 6.25. The number of hydrogen-bond donors (Lipinski definition) is 2. The maximum Gasteiger partial charge on any atom is 0.191 e. The van der Waals surface area contributed by atoms with Gasteiger partial charge in [0.15, 0.2) is 5.96 Å². The molecular weight excluding hydrogens is 495 g/mol. The third kappa shape index (κ3) is 6.77. The van der Waals surface area contributed by atoms with Gasteiger partial charge in [-0.05, 0) is 79.7 Å². The van der Waals surface area contributed by atoms with Crippen LogP contribution in [0.4, 0.5) is 0 Å². The number of aryl methyl sites for hydroxylation is 2. The van der Waals surface area contributed by atoms with Gasteiger partial charge in [-0.25, -0.2) is 9.98 Å². The van der Waals surface area contributed by atoms with E-state index in [1.807, 2.05) is 0 Å². The minimum atomic E-state index is 0. The highest BCUT2D eigenvalue weighted by atomic mass is 127. The zero-order valence-corrected chi connectivity index (χ0v) is 21.7. The zero-order chi connectivity index (χ0) is 20.0. The van der Waals surface area contributed by atoms with Crippen LogP contribution in [0.15, 0.2) is 4.99 Å². The minimum absolute atomic E-state index is 0. The first-order valence-electron chi connectivity index (χ1n) is 10.9. The van der Waals surface area contributed by atoms with Gasteiger partial charge < -0.3 is 15.5 Å². The molecule has 3 heterocycles. The highest BCUT2D eigenvalue weighted by molar-refractivity contribution is 14.0. The molecule has 0 unspecified atom stereocenters. The van der Waals surface area contributed by atoms with E-state index in [0.29, 0.717) is 6.54 Å². The fraction of sp³-hybridized carbons (Fsp3) is 0.810. The summed E-state index contributed by atoms with van der Waals surface area (Å²) >= 11 is 1.76. The quantitative estimate of drug-likeness (QED) is 0.333. The molecule has 2 aliphatic heterocycles. The predicted molar refractivity (Wildman–Crippen MR) is 135 cm³/mol. The Balaban J connectivity index is 0.00000300. The molecule has 1 aromatic heterocycles. The molecule has 0 amide bonds. The Labute approximate surface area is 198 Å². The molecule has 2 aliphatic rings. The van der Waals surface area contributed by atoms with E-state index in [1.54, 1.807) is 11.3 Å². The van der Waals surface area contributed by atoms with Crippen molar-refractivity contribution >= 4 is 41.3 Å². The van der Waals surface area contributed by atoms with Crippen molar-refractivity contribution in [3.05, 3.63) is 15.6 Å². The fourth-order valence-electron chi connectivity index (χ4n) is 4.47. The molecule has 0 atom stereocenters. The van der Waals surface area contributed by atoms with Gasteiger partial charge in [0.05, 0.1) is 17.2 Å². The molecule has 0 bridgehead atoms. The number of likely N-dealkylation sites (tertiary alicyclic amines) is 2. The molecule has 2 N–H and O–H groups in total. The van der Waals surface area contributed by atoms with Gasteiger partial charge in [0.1, 0.15) is 0 Å². The van der Waals surface area contributed by atoms with Crippen LogP contribution in [0, 0.1) is 13.8 Å². The van der Waals surface area contributed by atoms with Gasteiger partial charge in [-0.2, -0.15) is 0 Å². The number of aromatic nitrogens is 1. The van der Waals surface area contributed by atoms with Gasteiger partial charge in [-0.15, -0.1) is 35.3 Å². The van der Waals surface area contributed by atoms with E-state index < -0.39 is 0 Å². The van der Waals surface area contributed by atoms with Crippen LogP contribution in [0.5, 0.6) is 0 Å². The lowest BCUT2D eigenvalue weighted by Crippen LogP contribution is -2.62. The average molecular weight is 535 g/mol. The molecule has 3 rings (SSSR count). The van der Waals surface area contributed by atoms with Crippen LogP contribution in [0.25, 0.3) is 0 Å². The Morgan fingerprint density at radius 1 is 1.10 bits per heavy atom. The monoisotopic (exact) mass is 534 g/mol. The van der Waals surface area contributed by atoms with Crippen molar-refractivity contribution < 1.29 is 0 Å². The molecule has 6 nitrogen and oxygen atoms in total. The number of halogens is 1. The van der Waals surface area contributed by atoms with Crippen LogP contribution in [0.2, 0.25) is 0 Å². The van der Waals surface area contributed by atoms with Crippen molar-refractivity contribution in [1.82, 2.24) is 25.4 Å². The number of aliphatic imine (C=N–C) groups is 1. The van der Waals surface area contributed by atoms with Gasteiger partial charge in [0, 0.05) is 23.5 Å². The highest BCUT2D eigenvalue weighted by Crippen LogP contribution is 2.30. The lowest BCUT2D eigenvalue weighted by Gasteiger charge is -2.50. The maximum atomic E-state index is 4.87. The Kier molecular flexibility index (Phi) is 10.1. The van der Waals surface area contributed by atoms with Gasteiger partial charge >= 0.3 is 0 Å². The van der Waals surface area contributed by atoms with Crippen molar-refractivity contribution in [1.29, 1.82) is 0 Å². The van der Waals surface area contributed by atoms with E-state index in [0.717, 1.165) is 29.8 Å². The van der Waals surface area contributed by atoms with E-state index in [2.05, 4.69) is 53.2 Å². The van der Waals surface area contributed by atoms with E-state index in [1.165, 1.54) is 63.2 Å². The summed E-state index contributed by atoms with van der Waals surface area (Å²) in [5.41, 5.74) is 1.38. The summed E-state index contributed by atoms with van der Waals surface area (Å²) in [6.45, 7) is 13.7. The fourth-order valence-corrected chi connectivity index (χ4v) is 5.33. The van der Waals surface area contributed by atoms with Crippen LogP contribution in [-0.2, 0) is 6.54 Å². The first-order chi connectivity index (χ1) is 13.5. The lowest BCUT2D eigenvalue weighted by molar-refractivity contribution is 0.0173. The SMILES string of the molecule is CCNC(=NCc1sc(C)nc1C)NCC1(N2CCCCC2)CCN(C)CC1.I. The molecule has 0 radical (unpaired) electrons. The van der Waals surface area contributed by atoms with E-state index in [4.69, 9.17) is 4.99 Å². The molecule has 2 fully saturated rings.